The Morgan fingerprint density at radius 1 is 0.871 bits per heavy atom. The Hall–Kier alpha value is -3.34. The number of carbonyl (C=O) groups excluding carboxylic acids is 1. The van der Waals surface area contributed by atoms with Gasteiger partial charge in [0.15, 0.2) is 0 Å². The van der Waals surface area contributed by atoms with E-state index in [1.165, 1.54) is 0 Å². The fourth-order valence-electron chi connectivity index (χ4n) is 4.06. The summed E-state index contributed by atoms with van der Waals surface area (Å²) in [4.78, 5) is 18.6. The number of amides is 1. The SMILES string of the molecule is O=C(C1CC1)N1CCC(Oc2ccc(-c3cncc(Nc4ccccc4)c3)cc2)CC1. The number of nitrogens with zero attached hydrogens (tertiary/aromatic N) is 2. The first-order valence-electron chi connectivity index (χ1n) is 11.1. The first kappa shape index (κ1) is 19.6. The van der Waals surface area contributed by atoms with Crippen LogP contribution < -0.4 is 10.1 Å². The number of rotatable bonds is 6. The largest absolute Gasteiger partial charge is 0.490 e. The van der Waals surface area contributed by atoms with Crippen molar-refractivity contribution in [2.45, 2.75) is 31.8 Å². The van der Waals surface area contributed by atoms with E-state index in [0.717, 1.165) is 67.0 Å². The summed E-state index contributed by atoms with van der Waals surface area (Å²) in [7, 11) is 0. The number of benzene rings is 2. The topological polar surface area (TPSA) is 54.5 Å². The molecule has 2 aliphatic rings. The van der Waals surface area contributed by atoms with E-state index < -0.39 is 0 Å². The van der Waals surface area contributed by atoms with Crippen LogP contribution in [-0.2, 0) is 4.79 Å². The lowest BCUT2D eigenvalue weighted by molar-refractivity contribution is -0.134. The van der Waals surface area contributed by atoms with Crippen molar-refractivity contribution in [3.8, 4) is 16.9 Å². The van der Waals surface area contributed by atoms with Crippen molar-refractivity contribution in [1.82, 2.24) is 9.88 Å². The average molecular weight is 414 g/mol. The molecule has 1 saturated heterocycles. The molecule has 0 bridgehead atoms. The van der Waals surface area contributed by atoms with Gasteiger partial charge in [0.1, 0.15) is 11.9 Å². The van der Waals surface area contributed by atoms with Crippen LogP contribution in [0.15, 0.2) is 73.1 Å². The van der Waals surface area contributed by atoms with E-state index in [4.69, 9.17) is 4.74 Å². The zero-order valence-corrected chi connectivity index (χ0v) is 17.5. The van der Waals surface area contributed by atoms with E-state index in [-0.39, 0.29) is 6.10 Å². The Kier molecular flexibility index (Phi) is 5.57. The number of ether oxygens (including phenoxy) is 1. The molecule has 5 heteroatoms. The van der Waals surface area contributed by atoms with Gasteiger partial charge >= 0.3 is 0 Å². The molecule has 2 aromatic carbocycles. The predicted octanol–water partition coefficient (Wildman–Crippen LogP) is 5.27. The zero-order chi connectivity index (χ0) is 21.0. The number of hydrogen-bond acceptors (Lipinski definition) is 4. The van der Waals surface area contributed by atoms with Gasteiger partial charge in [-0.2, -0.15) is 0 Å². The van der Waals surface area contributed by atoms with Crippen molar-refractivity contribution in [2.75, 3.05) is 18.4 Å². The third kappa shape index (κ3) is 4.88. The first-order chi connectivity index (χ1) is 15.2. The Morgan fingerprint density at radius 2 is 1.61 bits per heavy atom. The molecule has 31 heavy (non-hydrogen) atoms. The van der Waals surface area contributed by atoms with Crippen LogP contribution in [0.4, 0.5) is 11.4 Å². The molecule has 5 nitrogen and oxygen atoms in total. The fraction of sp³-hybridized carbons (Fsp3) is 0.308. The summed E-state index contributed by atoms with van der Waals surface area (Å²) in [5.41, 5.74) is 4.15. The average Bonchev–Trinajstić information content (AvgIpc) is 3.66. The molecule has 0 unspecified atom stereocenters. The summed E-state index contributed by atoms with van der Waals surface area (Å²) in [6.07, 6.45) is 7.82. The van der Waals surface area contributed by atoms with Crippen LogP contribution in [0.1, 0.15) is 25.7 Å². The van der Waals surface area contributed by atoms with Crippen LogP contribution >= 0.6 is 0 Å². The molecule has 2 heterocycles. The second-order valence-corrected chi connectivity index (χ2v) is 8.39. The number of nitrogens with one attached hydrogen (secondary N) is 1. The maximum atomic E-state index is 12.2. The van der Waals surface area contributed by atoms with Gasteiger partial charge in [-0.05, 0) is 48.7 Å². The van der Waals surface area contributed by atoms with E-state index in [0.29, 0.717) is 11.8 Å². The van der Waals surface area contributed by atoms with Crippen molar-refractivity contribution in [2.24, 2.45) is 5.92 Å². The minimum absolute atomic E-state index is 0.175. The van der Waals surface area contributed by atoms with Gasteiger partial charge in [-0.15, -0.1) is 0 Å². The molecule has 1 saturated carbocycles. The predicted molar refractivity (Wildman–Crippen MR) is 122 cm³/mol. The van der Waals surface area contributed by atoms with Crippen LogP contribution in [0.3, 0.4) is 0 Å². The van der Waals surface area contributed by atoms with E-state index in [1.54, 1.807) is 0 Å². The molecule has 158 valence electrons. The molecular weight excluding hydrogens is 386 g/mol. The Balaban J connectivity index is 1.18. The number of aromatic nitrogens is 1. The smallest absolute Gasteiger partial charge is 0.225 e. The number of anilines is 2. The van der Waals surface area contributed by atoms with Gasteiger partial charge in [-0.25, -0.2) is 0 Å². The molecule has 1 aromatic heterocycles. The van der Waals surface area contributed by atoms with Gasteiger partial charge in [0.2, 0.25) is 5.91 Å². The van der Waals surface area contributed by atoms with Crippen LogP contribution in [0, 0.1) is 5.92 Å². The van der Waals surface area contributed by atoms with Gasteiger partial charge < -0.3 is 15.0 Å². The van der Waals surface area contributed by atoms with E-state index in [1.807, 2.05) is 59.8 Å². The maximum absolute atomic E-state index is 12.2. The molecular formula is C26H27N3O2. The van der Waals surface area contributed by atoms with Gasteiger partial charge in [0.05, 0.1) is 11.9 Å². The van der Waals surface area contributed by atoms with E-state index in [2.05, 4.69) is 28.5 Å². The molecule has 0 radical (unpaired) electrons. The minimum atomic E-state index is 0.175. The lowest BCUT2D eigenvalue weighted by Crippen LogP contribution is -2.42. The summed E-state index contributed by atoms with van der Waals surface area (Å²) in [6, 6.07) is 20.4. The quantitative estimate of drug-likeness (QED) is 0.598. The lowest BCUT2D eigenvalue weighted by Gasteiger charge is -2.32. The molecule has 3 aromatic rings. The number of pyridine rings is 1. The molecule has 1 aliphatic heterocycles. The molecule has 1 aliphatic carbocycles. The molecule has 0 atom stereocenters. The molecule has 5 rings (SSSR count). The number of piperidine rings is 1. The Labute approximate surface area is 183 Å². The number of hydrogen-bond donors (Lipinski definition) is 1. The third-order valence-corrected chi connectivity index (χ3v) is 5.97. The molecule has 0 spiro atoms. The second-order valence-electron chi connectivity index (χ2n) is 8.39. The summed E-state index contributed by atoms with van der Waals surface area (Å²) in [5, 5.41) is 3.39. The number of carbonyl (C=O) groups is 1. The summed E-state index contributed by atoms with van der Waals surface area (Å²) < 4.78 is 6.19. The summed E-state index contributed by atoms with van der Waals surface area (Å²) in [6.45, 7) is 1.62. The Bertz CT molecular complexity index is 1020. The van der Waals surface area contributed by atoms with Crippen molar-refractivity contribution < 1.29 is 9.53 Å². The van der Waals surface area contributed by atoms with Crippen molar-refractivity contribution in [3.05, 3.63) is 73.1 Å². The monoisotopic (exact) mass is 413 g/mol. The molecule has 2 fully saturated rings. The van der Waals surface area contributed by atoms with Gasteiger partial charge in [0.25, 0.3) is 0 Å². The highest BCUT2D eigenvalue weighted by atomic mass is 16.5. The third-order valence-electron chi connectivity index (χ3n) is 5.97. The van der Waals surface area contributed by atoms with Crippen LogP contribution in [0.25, 0.3) is 11.1 Å². The van der Waals surface area contributed by atoms with E-state index in [9.17, 15) is 4.79 Å². The maximum Gasteiger partial charge on any atom is 0.225 e. The van der Waals surface area contributed by atoms with Crippen LogP contribution in [0.5, 0.6) is 5.75 Å². The minimum Gasteiger partial charge on any atom is -0.490 e. The highest BCUT2D eigenvalue weighted by molar-refractivity contribution is 5.81. The molecule has 1 amide bonds. The highest BCUT2D eigenvalue weighted by Crippen LogP contribution is 2.32. The summed E-state index contributed by atoms with van der Waals surface area (Å²) >= 11 is 0. The fourth-order valence-corrected chi connectivity index (χ4v) is 4.06. The van der Waals surface area contributed by atoms with Gasteiger partial charge in [-0.1, -0.05) is 30.3 Å². The summed E-state index contributed by atoms with van der Waals surface area (Å²) in [5.74, 6) is 1.53. The number of para-hydroxylation sites is 1. The first-order valence-corrected chi connectivity index (χ1v) is 11.1. The van der Waals surface area contributed by atoms with E-state index >= 15 is 0 Å². The standard InChI is InChI=1S/C26H27N3O2/c30-26(20-6-7-20)29-14-12-25(13-15-29)31-24-10-8-19(9-11-24)21-16-23(18-27-17-21)28-22-4-2-1-3-5-22/h1-5,8-11,16-18,20,25,28H,6-7,12-15H2. The second kappa shape index (κ2) is 8.80. The van der Waals surface area contributed by atoms with Crippen LogP contribution in [0.2, 0.25) is 0 Å². The Morgan fingerprint density at radius 3 is 2.32 bits per heavy atom. The number of likely N-dealkylation sites (tertiary alicyclic amines) is 1. The lowest BCUT2D eigenvalue weighted by atomic mass is 10.1. The van der Waals surface area contributed by atoms with Gasteiger partial charge in [-0.3, -0.25) is 9.78 Å². The normalized spacial score (nSPS) is 16.7. The van der Waals surface area contributed by atoms with Crippen molar-refractivity contribution >= 4 is 17.3 Å². The molecule has 1 N–H and O–H groups in total. The van der Waals surface area contributed by atoms with Crippen molar-refractivity contribution in [1.29, 1.82) is 0 Å². The zero-order valence-electron chi connectivity index (χ0n) is 17.5. The highest BCUT2D eigenvalue weighted by Gasteiger charge is 2.35. The van der Waals surface area contributed by atoms with Gasteiger partial charge in [0, 0.05) is 49.3 Å². The van der Waals surface area contributed by atoms with Crippen LogP contribution in [-0.4, -0.2) is 35.0 Å². The van der Waals surface area contributed by atoms with Crippen molar-refractivity contribution in [3.63, 3.8) is 0 Å².